The second-order valence-corrected chi connectivity index (χ2v) is 4.24. The summed E-state index contributed by atoms with van der Waals surface area (Å²) in [6.07, 6.45) is 0. The minimum absolute atomic E-state index is 0.244. The Labute approximate surface area is 112 Å². The van der Waals surface area contributed by atoms with E-state index in [1.807, 2.05) is 38.2 Å². The van der Waals surface area contributed by atoms with Crippen molar-refractivity contribution in [2.24, 2.45) is 7.05 Å². The number of aryl methyl sites for hydroxylation is 2. The Balaban J connectivity index is 2.16. The van der Waals surface area contributed by atoms with Gasteiger partial charge in [0, 0.05) is 12.6 Å². The molecule has 19 heavy (non-hydrogen) atoms. The van der Waals surface area contributed by atoms with Gasteiger partial charge in [0.1, 0.15) is 12.4 Å². The molecule has 0 N–H and O–H groups in total. The molecule has 0 spiro atoms. The molecule has 1 aromatic heterocycles. The molecule has 5 heteroatoms. The van der Waals surface area contributed by atoms with Gasteiger partial charge in [-0.2, -0.15) is 4.98 Å². The third-order valence-corrected chi connectivity index (χ3v) is 2.70. The molecule has 0 unspecified atom stereocenters. The normalized spacial score (nSPS) is 10.3. The van der Waals surface area contributed by atoms with Crippen molar-refractivity contribution in [2.45, 2.75) is 6.92 Å². The Morgan fingerprint density at radius 1 is 1.32 bits per heavy atom. The summed E-state index contributed by atoms with van der Waals surface area (Å²) < 4.78 is 12.0. The van der Waals surface area contributed by atoms with E-state index in [1.54, 1.807) is 11.8 Å². The zero-order valence-corrected chi connectivity index (χ0v) is 11.4. The Morgan fingerprint density at radius 3 is 2.63 bits per heavy atom. The minimum Gasteiger partial charge on any atom is -0.498 e. The lowest BCUT2D eigenvalue weighted by molar-refractivity contribution is 0.212. The quantitative estimate of drug-likeness (QED) is 0.773. The van der Waals surface area contributed by atoms with Crippen LogP contribution in [0.25, 0.3) is 11.4 Å². The van der Waals surface area contributed by atoms with Crippen LogP contribution in [-0.2, 0) is 11.8 Å². The minimum atomic E-state index is 0.244. The van der Waals surface area contributed by atoms with Crippen LogP contribution in [0.1, 0.15) is 5.56 Å². The van der Waals surface area contributed by atoms with Gasteiger partial charge in [-0.1, -0.05) is 36.4 Å². The molecule has 2 rings (SSSR count). The van der Waals surface area contributed by atoms with Gasteiger partial charge in [0.2, 0.25) is 0 Å². The van der Waals surface area contributed by atoms with Crippen molar-refractivity contribution >= 4 is 0 Å². The van der Waals surface area contributed by atoms with Crippen LogP contribution >= 0.6 is 0 Å². The van der Waals surface area contributed by atoms with E-state index in [-0.39, 0.29) is 6.61 Å². The number of nitrogens with zero attached hydrogens (tertiary/aromatic N) is 3. The lowest BCUT2D eigenvalue weighted by Gasteiger charge is -2.02. The van der Waals surface area contributed by atoms with Gasteiger partial charge in [-0.3, -0.25) is 0 Å². The maximum absolute atomic E-state index is 5.40. The van der Waals surface area contributed by atoms with Crippen LogP contribution in [0.3, 0.4) is 0 Å². The van der Waals surface area contributed by atoms with Crippen LogP contribution in [0.15, 0.2) is 36.6 Å². The molecular formula is C14H17N3O2. The van der Waals surface area contributed by atoms with E-state index in [2.05, 4.69) is 16.7 Å². The summed E-state index contributed by atoms with van der Waals surface area (Å²) in [6.45, 7) is 5.97. The Kier molecular flexibility index (Phi) is 3.85. The maximum Gasteiger partial charge on any atom is 0.336 e. The third kappa shape index (κ3) is 3.13. The van der Waals surface area contributed by atoms with Gasteiger partial charge in [0.15, 0.2) is 5.82 Å². The van der Waals surface area contributed by atoms with E-state index in [1.165, 1.54) is 5.56 Å². The smallest absolute Gasteiger partial charge is 0.336 e. The average Bonchev–Trinajstić information content (AvgIpc) is 2.78. The van der Waals surface area contributed by atoms with E-state index in [9.17, 15) is 0 Å². The molecule has 0 atom stereocenters. The molecule has 5 nitrogen and oxygen atoms in total. The fourth-order valence-electron chi connectivity index (χ4n) is 1.58. The molecule has 1 heterocycles. The van der Waals surface area contributed by atoms with Gasteiger partial charge in [-0.05, 0) is 6.92 Å². The number of ether oxygens (including phenoxy) is 2. The zero-order valence-electron chi connectivity index (χ0n) is 11.4. The van der Waals surface area contributed by atoms with Crippen LogP contribution in [-0.4, -0.2) is 28.5 Å². The molecule has 0 amide bonds. The summed E-state index contributed by atoms with van der Waals surface area (Å²) in [7, 11) is 3.38. The van der Waals surface area contributed by atoms with Crippen LogP contribution in [0, 0.1) is 6.92 Å². The number of benzene rings is 1. The Hall–Kier alpha value is -2.30. The van der Waals surface area contributed by atoms with E-state index >= 15 is 0 Å². The lowest BCUT2D eigenvalue weighted by atomic mass is 10.1. The topological polar surface area (TPSA) is 49.2 Å². The lowest BCUT2D eigenvalue weighted by Crippen LogP contribution is -2.03. The average molecular weight is 259 g/mol. The van der Waals surface area contributed by atoms with Crippen molar-refractivity contribution < 1.29 is 9.47 Å². The molecular weight excluding hydrogens is 242 g/mol. The number of methoxy groups -OCH3 is 1. The molecule has 0 fully saturated rings. The largest absolute Gasteiger partial charge is 0.498 e. The highest BCUT2D eigenvalue weighted by Crippen LogP contribution is 2.19. The van der Waals surface area contributed by atoms with Crippen LogP contribution in [0.4, 0.5) is 0 Å². The number of hydrogen-bond acceptors (Lipinski definition) is 4. The van der Waals surface area contributed by atoms with Crippen LogP contribution < -0.4 is 4.74 Å². The van der Waals surface area contributed by atoms with E-state index < -0.39 is 0 Å². The van der Waals surface area contributed by atoms with Crippen molar-refractivity contribution in [3.8, 4) is 17.4 Å². The Bertz CT molecular complexity index is 573. The molecule has 0 radical (unpaired) electrons. The molecule has 100 valence electrons. The van der Waals surface area contributed by atoms with E-state index in [4.69, 9.17) is 9.47 Å². The monoisotopic (exact) mass is 259 g/mol. The maximum atomic E-state index is 5.40. The van der Waals surface area contributed by atoms with Crippen molar-refractivity contribution in [1.29, 1.82) is 0 Å². The van der Waals surface area contributed by atoms with Crippen LogP contribution in [0.5, 0.6) is 6.01 Å². The predicted octanol–water partition coefficient (Wildman–Crippen LogP) is 2.33. The van der Waals surface area contributed by atoms with Gasteiger partial charge < -0.3 is 9.47 Å². The SMILES string of the molecule is C=C(COc1nc(-c2ccc(C)cc2)n(C)n1)OC. The summed E-state index contributed by atoms with van der Waals surface area (Å²) in [5.74, 6) is 1.29. The Morgan fingerprint density at radius 2 is 2.00 bits per heavy atom. The molecule has 0 aliphatic rings. The molecule has 0 aliphatic carbocycles. The highest BCUT2D eigenvalue weighted by molar-refractivity contribution is 5.55. The van der Waals surface area contributed by atoms with Gasteiger partial charge in [0.25, 0.3) is 0 Å². The summed E-state index contributed by atoms with van der Waals surface area (Å²) in [6, 6.07) is 8.42. The highest BCUT2D eigenvalue weighted by atomic mass is 16.5. The molecule has 0 aliphatic heterocycles. The third-order valence-electron chi connectivity index (χ3n) is 2.70. The predicted molar refractivity (Wildman–Crippen MR) is 72.8 cm³/mol. The molecule has 2 aromatic rings. The van der Waals surface area contributed by atoms with Crippen molar-refractivity contribution in [2.75, 3.05) is 13.7 Å². The molecule has 0 saturated carbocycles. The fourth-order valence-corrected chi connectivity index (χ4v) is 1.58. The standard InChI is InChI=1S/C14H17N3O2/c1-10-5-7-12(8-6-10)13-15-14(16-17(13)3)19-9-11(2)18-4/h5-8H,2,9H2,1,3-4H3. The van der Waals surface area contributed by atoms with Crippen molar-refractivity contribution in [3.63, 3.8) is 0 Å². The molecule has 1 aromatic carbocycles. The van der Waals surface area contributed by atoms with Gasteiger partial charge in [0.05, 0.1) is 7.11 Å². The van der Waals surface area contributed by atoms with Crippen LogP contribution in [0.2, 0.25) is 0 Å². The second-order valence-electron chi connectivity index (χ2n) is 4.24. The summed E-state index contributed by atoms with van der Waals surface area (Å²) in [4.78, 5) is 4.35. The first-order valence-electron chi connectivity index (χ1n) is 5.93. The van der Waals surface area contributed by atoms with Crippen molar-refractivity contribution in [1.82, 2.24) is 14.8 Å². The molecule has 0 saturated heterocycles. The first kappa shape index (κ1) is 13.1. The van der Waals surface area contributed by atoms with E-state index in [0.29, 0.717) is 11.8 Å². The molecule has 0 bridgehead atoms. The van der Waals surface area contributed by atoms with Gasteiger partial charge >= 0.3 is 6.01 Å². The zero-order chi connectivity index (χ0) is 13.8. The van der Waals surface area contributed by atoms with Gasteiger partial charge in [-0.25, -0.2) is 4.68 Å². The van der Waals surface area contributed by atoms with Gasteiger partial charge in [-0.15, -0.1) is 5.10 Å². The van der Waals surface area contributed by atoms with Crippen molar-refractivity contribution in [3.05, 3.63) is 42.2 Å². The number of aromatic nitrogens is 3. The number of hydrogen-bond donors (Lipinski definition) is 0. The fraction of sp³-hybridized carbons (Fsp3) is 0.286. The highest BCUT2D eigenvalue weighted by Gasteiger charge is 2.10. The first-order chi connectivity index (χ1) is 9.10. The summed E-state index contributed by atoms with van der Waals surface area (Å²) >= 11 is 0. The summed E-state index contributed by atoms with van der Waals surface area (Å²) in [5.41, 5.74) is 2.21. The first-order valence-corrected chi connectivity index (χ1v) is 5.93. The van der Waals surface area contributed by atoms with E-state index in [0.717, 1.165) is 11.4 Å². The second kappa shape index (κ2) is 5.56. The summed E-state index contributed by atoms with van der Waals surface area (Å²) in [5, 5.41) is 4.20. The number of rotatable bonds is 5.